The van der Waals surface area contributed by atoms with Gasteiger partial charge in [-0.25, -0.2) is 8.78 Å². The monoisotopic (exact) mass is 378 g/mol. The van der Waals surface area contributed by atoms with Crippen molar-refractivity contribution in [2.24, 2.45) is 0 Å². The average Bonchev–Trinajstić information content (AvgIpc) is 3.06. The Kier molecular flexibility index (Phi) is 5.51. The summed E-state index contributed by atoms with van der Waals surface area (Å²) in [6.45, 7) is 4.83. The van der Waals surface area contributed by atoms with Gasteiger partial charge in [0.05, 0.1) is 6.17 Å². The Morgan fingerprint density at radius 2 is 1.46 bits per heavy atom. The Morgan fingerprint density at radius 3 is 2.18 bits per heavy atom. The van der Waals surface area contributed by atoms with Crippen molar-refractivity contribution in [3.05, 3.63) is 107 Å². The van der Waals surface area contributed by atoms with Gasteiger partial charge in [-0.05, 0) is 24.6 Å². The van der Waals surface area contributed by atoms with Gasteiger partial charge >= 0.3 is 0 Å². The van der Waals surface area contributed by atoms with Crippen molar-refractivity contribution in [2.45, 2.75) is 26.2 Å². The molecule has 3 aromatic rings. The molecule has 0 N–H and O–H groups in total. The summed E-state index contributed by atoms with van der Waals surface area (Å²) in [4.78, 5) is 4.43. The summed E-state index contributed by atoms with van der Waals surface area (Å²) in [5, 5.41) is 0. The second-order valence-corrected chi connectivity index (χ2v) is 7.42. The second-order valence-electron chi connectivity index (χ2n) is 7.42. The van der Waals surface area contributed by atoms with Crippen LogP contribution in [0.2, 0.25) is 0 Å². The molecule has 3 aromatic carbocycles. The Morgan fingerprint density at radius 1 is 0.786 bits per heavy atom. The standard InChI is InChI=1S/C24H24F2N2/c1-18-7-6-8-19(15-18)16-27-13-14-28(17-20-9-2-4-11-22(20)25)24(27)21-10-3-5-12-23(21)26/h2-12,15,24H,13-14,16-17H2,1H3. The van der Waals surface area contributed by atoms with Crippen molar-refractivity contribution >= 4 is 0 Å². The molecule has 0 spiro atoms. The fourth-order valence-corrected chi connectivity index (χ4v) is 4.03. The highest BCUT2D eigenvalue weighted by molar-refractivity contribution is 5.26. The Hall–Kier alpha value is -2.56. The number of rotatable bonds is 5. The quantitative estimate of drug-likeness (QED) is 0.595. The van der Waals surface area contributed by atoms with Crippen LogP contribution in [0.4, 0.5) is 8.78 Å². The van der Waals surface area contributed by atoms with E-state index in [0.29, 0.717) is 17.7 Å². The lowest BCUT2D eigenvalue weighted by molar-refractivity contribution is 0.121. The molecular formula is C24H24F2N2. The first-order valence-corrected chi connectivity index (χ1v) is 9.63. The van der Waals surface area contributed by atoms with Gasteiger partial charge in [-0.3, -0.25) is 9.80 Å². The van der Waals surface area contributed by atoms with E-state index >= 15 is 0 Å². The molecule has 0 radical (unpaired) electrons. The maximum atomic E-state index is 14.7. The fraction of sp³-hybridized carbons (Fsp3) is 0.250. The first kappa shape index (κ1) is 18.8. The van der Waals surface area contributed by atoms with Crippen molar-refractivity contribution < 1.29 is 8.78 Å². The molecular weight excluding hydrogens is 354 g/mol. The first-order valence-electron chi connectivity index (χ1n) is 9.63. The molecule has 144 valence electrons. The molecule has 0 bridgehead atoms. The molecule has 0 aromatic heterocycles. The van der Waals surface area contributed by atoms with Crippen molar-refractivity contribution in [1.29, 1.82) is 0 Å². The van der Waals surface area contributed by atoms with Crippen LogP contribution in [0, 0.1) is 18.6 Å². The summed E-state index contributed by atoms with van der Waals surface area (Å²) >= 11 is 0. The number of hydrogen-bond donors (Lipinski definition) is 0. The maximum Gasteiger partial charge on any atom is 0.129 e. The van der Waals surface area contributed by atoms with E-state index in [4.69, 9.17) is 0 Å². The first-order chi connectivity index (χ1) is 13.6. The van der Waals surface area contributed by atoms with Gasteiger partial charge in [0.2, 0.25) is 0 Å². The van der Waals surface area contributed by atoms with Gasteiger partial charge in [0, 0.05) is 37.3 Å². The number of aryl methyl sites for hydroxylation is 1. The molecule has 0 amide bonds. The van der Waals surface area contributed by atoms with E-state index in [-0.39, 0.29) is 17.8 Å². The average molecular weight is 378 g/mol. The van der Waals surface area contributed by atoms with Crippen LogP contribution in [0.15, 0.2) is 72.8 Å². The van der Waals surface area contributed by atoms with Crippen LogP contribution in [-0.2, 0) is 13.1 Å². The van der Waals surface area contributed by atoms with Gasteiger partial charge in [0.15, 0.2) is 0 Å². The third kappa shape index (κ3) is 3.98. The van der Waals surface area contributed by atoms with Crippen LogP contribution in [-0.4, -0.2) is 22.9 Å². The van der Waals surface area contributed by atoms with E-state index in [9.17, 15) is 8.78 Å². The summed E-state index contributed by atoms with van der Waals surface area (Å²) in [5.74, 6) is -0.436. The zero-order chi connectivity index (χ0) is 19.5. The highest BCUT2D eigenvalue weighted by Gasteiger charge is 2.35. The molecule has 4 heteroatoms. The van der Waals surface area contributed by atoms with E-state index in [2.05, 4.69) is 41.0 Å². The van der Waals surface area contributed by atoms with Crippen LogP contribution >= 0.6 is 0 Å². The molecule has 1 aliphatic rings. The molecule has 0 aliphatic carbocycles. The summed E-state index contributed by atoms with van der Waals surface area (Å²) in [6, 6.07) is 22.1. The summed E-state index contributed by atoms with van der Waals surface area (Å²) in [5.41, 5.74) is 3.70. The number of halogens is 2. The predicted molar refractivity (Wildman–Crippen MR) is 108 cm³/mol. The number of hydrogen-bond acceptors (Lipinski definition) is 2. The van der Waals surface area contributed by atoms with Crippen molar-refractivity contribution in [3.8, 4) is 0 Å². The number of nitrogens with zero attached hydrogens (tertiary/aromatic N) is 2. The van der Waals surface area contributed by atoms with Crippen molar-refractivity contribution in [2.75, 3.05) is 13.1 Å². The third-order valence-corrected chi connectivity index (χ3v) is 5.35. The van der Waals surface area contributed by atoms with Crippen LogP contribution in [0.1, 0.15) is 28.4 Å². The lowest BCUT2D eigenvalue weighted by Crippen LogP contribution is -2.31. The zero-order valence-corrected chi connectivity index (χ0v) is 16.0. The SMILES string of the molecule is Cc1cccc(CN2CCN(Cc3ccccc3F)C2c2ccccc2F)c1. The van der Waals surface area contributed by atoms with Gasteiger partial charge in [0.25, 0.3) is 0 Å². The predicted octanol–water partition coefficient (Wildman–Crippen LogP) is 5.29. The lowest BCUT2D eigenvalue weighted by atomic mass is 10.1. The highest BCUT2D eigenvalue weighted by Crippen LogP contribution is 2.34. The molecule has 28 heavy (non-hydrogen) atoms. The van der Waals surface area contributed by atoms with E-state index in [1.807, 2.05) is 18.2 Å². The van der Waals surface area contributed by atoms with Crippen LogP contribution in [0.25, 0.3) is 0 Å². The Labute approximate surface area is 165 Å². The lowest BCUT2D eigenvalue weighted by Gasteiger charge is -2.31. The zero-order valence-electron chi connectivity index (χ0n) is 16.0. The second kappa shape index (κ2) is 8.21. The van der Waals surface area contributed by atoms with E-state index in [1.165, 1.54) is 23.3 Å². The molecule has 1 fully saturated rings. The van der Waals surface area contributed by atoms with Gasteiger partial charge < -0.3 is 0 Å². The van der Waals surface area contributed by atoms with Crippen LogP contribution in [0.5, 0.6) is 0 Å². The maximum absolute atomic E-state index is 14.7. The Balaban J connectivity index is 1.65. The molecule has 1 aliphatic heterocycles. The number of benzene rings is 3. The van der Waals surface area contributed by atoms with Gasteiger partial charge in [-0.2, -0.15) is 0 Å². The smallest absolute Gasteiger partial charge is 0.129 e. The van der Waals surface area contributed by atoms with Crippen molar-refractivity contribution in [1.82, 2.24) is 9.80 Å². The Bertz CT molecular complexity index is 957. The van der Waals surface area contributed by atoms with E-state index in [1.54, 1.807) is 18.2 Å². The summed E-state index contributed by atoms with van der Waals surface area (Å²) in [6.07, 6.45) is -0.221. The molecule has 1 heterocycles. The molecule has 2 nitrogen and oxygen atoms in total. The fourth-order valence-electron chi connectivity index (χ4n) is 4.03. The summed E-state index contributed by atoms with van der Waals surface area (Å²) in [7, 11) is 0. The summed E-state index contributed by atoms with van der Waals surface area (Å²) < 4.78 is 28.9. The highest BCUT2D eigenvalue weighted by atomic mass is 19.1. The van der Waals surface area contributed by atoms with Crippen molar-refractivity contribution in [3.63, 3.8) is 0 Å². The van der Waals surface area contributed by atoms with Gasteiger partial charge in [-0.15, -0.1) is 0 Å². The van der Waals surface area contributed by atoms with E-state index in [0.717, 1.165) is 19.6 Å². The van der Waals surface area contributed by atoms with Gasteiger partial charge in [-0.1, -0.05) is 66.2 Å². The largest absolute Gasteiger partial charge is 0.278 e. The molecule has 1 unspecified atom stereocenters. The minimum absolute atomic E-state index is 0.216. The molecule has 1 saturated heterocycles. The normalized spacial score (nSPS) is 17.9. The van der Waals surface area contributed by atoms with E-state index < -0.39 is 0 Å². The van der Waals surface area contributed by atoms with Crippen LogP contribution in [0.3, 0.4) is 0 Å². The third-order valence-electron chi connectivity index (χ3n) is 5.35. The molecule has 4 rings (SSSR count). The van der Waals surface area contributed by atoms with Gasteiger partial charge in [0.1, 0.15) is 11.6 Å². The molecule has 0 saturated carbocycles. The van der Waals surface area contributed by atoms with Crippen LogP contribution < -0.4 is 0 Å². The molecule has 1 atom stereocenters. The minimum Gasteiger partial charge on any atom is -0.278 e. The topological polar surface area (TPSA) is 6.48 Å². The minimum atomic E-state index is -0.221.